The van der Waals surface area contributed by atoms with Gasteiger partial charge in [-0.15, -0.1) is 0 Å². The van der Waals surface area contributed by atoms with E-state index in [0.717, 1.165) is 6.61 Å². The maximum atomic E-state index is 5.78. The zero-order valence-corrected chi connectivity index (χ0v) is 9.38. The predicted molar refractivity (Wildman–Crippen MR) is 52.2 cm³/mol. The van der Waals surface area contributed by atoms with Crippen molar-refractivity contribution in [1.29, 1.82) is 0 Å². The van der Waals surface area contributed by atoms with Gasteiger partial charge in [-0.1, -0.05) is 44.2 Å². The Hall–Kier alpha value is 0.492. The van der Waals surface area contributed by atoms with Gasteiger partial charge in [0.25, 0.3) is 0 Å². The lowest BCUT2D eigenvalue weighted by Crippen LogP contribution is -2.15. The van der Waals surface area contributed by atoms with Crippen LogP contribution in [0.1, 0.15) is 40.0 Å². The fourth-order valence-electron chi connectivity index (χ4n) is 1.13. The molecular weight excluding hydrogens is 151 g/mol. The Labute approximate surface area is 75.9 Å². The molecule has 0 radical (unpaired) electrons. The molecule has 0 aliphatic carbocycles. The Bertz CT molecular complexity index is 72.0. The molecule has 11 heavy (non-hydrogen) atoms. The third-order valence-electron chi connectivity index (χ3n) is 2.01. The van der Waals surface area contributed by atoms with E-state index in [9.17, 15) is 0 Å². The average molecular weight is 172 g/mol. The molecule has 0 aliphatic heterocycles. The summed E-state index contributed by atoms with van der Waals surface area (Å²) in [6.07, 6.45) is 3.89. The van der Waals surface area contributed by atoms with Crippen LogP contribution in [0, 0.1) is 0 Å². The minimum Gasteiger partial charge on any atom is -0.501 e. The first kappa shape index (κ1) is 11.5. The third-order valence-corrected chi connectivity index (χ3v) is 4.54. The van der Waals surface area contributed by atoms with E-state index < -0.39 is 14.5 Å². The van der Waals surface area contributed by atoms with Crippen molar-refractivity contribution in [2.24, 2.45) is 0 Å². The summed E-state index contributed by atoms with van der Waals surface area (Å²) in [5.74, 6) is 0. The van der Waals surface area contributed by atoms with Gasteiger partial charge in [-0.05, 0) is 6.42 Å². The second-order valence-electron chi connectivity index (χ2n) is 3.02. The highest BCUT2D eigenvalue weighted by atomic mass is 27.2. The lowest BCUT2D eigenvalue weighted by molar-refractivity contribution is 0.307. The lowest BCUT2D eigenvalue weighted by Gasteiger charge is -2.08. The molecule has 0 bridgehead atoms. The van der Waals surface area contributed by atoms with Crippen LogP contribution in [0.5, 0.6) is 0 Å². The smallest absolute Gasteiger partial charge is 0.460 e. The van der Waals surface area contributed by atoms with Crippen LogP contribution in [0.15, 0.2) is 0 Å². The first-order valence-electron chi connectivity index (χ1n) is 4.96. The van der Waals surface area contributed by atoms with Crippen LogP contribution < -0.4 is 0 Å². The maximum absolute atomic E-state index is 5.78. The normalized spacial score (nSPS) is 10.1. The molecule has 0 aromatic carbocycles. The van der Waals surface area contributed by atoms with Crippen molar-refractivity contribution in [3.05, 3.63) is 0 Å². The van der Waals surface area contributed by atoms with Gasteiger partial charge in [0.05, 0.1) is 0 Å². The van der Waals surface area contributed by atoms with Gasteiger partial charge in [0.15, 0.2) is 0 Å². The first-order chi connectivity index (χ1) is 5.35. The summed E-state index contributed by atoms with van der Waals surface area (Å²) in [6, 6.07) is 0. The number of hydrogen-bond acceptors (Lipinski definition) is 1. The minimum atomic E-state index is -0.735. The summed E-state index contributed by atoms with van der Waals surface area (Å²) in [6.45, 7) is 7.75. The first-order valence-corrected chi connectivity index (χ1v) is 7.07. The van der Waals surface area contributed by atoms with Gasteiger partial charge in [0.1, 0.15) is 0 Å². The van der Waals surface area contributed by atoms with E-state index in [2.05, 4.69) is 20.8 Å². The zero-order chi connectivity index (χ0) is 8.53. The molecule has 0 aliphatic rings. The highest BCUT2D eigenvalue weighted by molar-refractivity contribution is 6.51. The molecule has 0 aromatic heterocycles. The second-order valence-corrected chi connectivity index (χ2v) is 6.23. The summed E-state index contributed by atoms with van der Waals surface area (Å²) in [7, 11) is 0. The van der Waals surface area contributed by atoms with Crippen LogP contribution in [0.2, 0.25) is 10.6 Å². The monoisotopic (exact) mass is 172 g/mol. The lowest BCUT2D eigenvalue weighted by atomic mass is 10.3. The molecule has 0 aromatic rings. The van der Waals surface area contributed by atoms with Crippen molar-refractivity contribution >= 4 is 14.5 Å². The third kappa shape index (κ3) is 6.87. The Balaban J connectivity index is 3.07. The fourth-order valence-corrected chi connectivity index (χ4v) is 2.68. The van der Waals surface area contributed by atoms with Gasteiger partial charge in [0.2, 0.25) is 0 Å². The molecule has 66 valence electrons. The number of rotatable bonds is 7. The topological polar surface area (TPSA) is 9.23 Å². The number of unbranched alkanes of at least 4 members (excludes halogenated alkanes) is 2. The summed E-state index contributed by atoms with van der Waals surface area (Å²) < 4.78 is 5.78. The Morgan fingerprint density at radius 3 is 2.09 bits per heavy atom. The Kier molecular flexibility index (Phi) is 8.97. The van der Waals surface area contributed by atoms with Crippen molar-refractivity contribution in [1.82, 2.24) is 0 Å². The molecule has 0 amide bonds. The molecule has 0 saturated carbocycles. The van der Waals surface area contributed by atoms with Crippen molar-refractivity contribution in [2.45, 2.75) is 50.6 Å². The van der Waals surface area contributed by atoms with Crippen LogP contribution in [-0.4, -0.2) is 21.1 Å². The molecule has 0 N–H and O–H groups in total. The van der Waals surface area contributed by atoms with Gasteiger partial charge in [0, 0.05) is 6.61 Å². The summed E-state index contributed by atoms with van der Waals surface area (Å²) in [5, 5.41) is 2.59. The van der Waals surface area contributed by atoms with Gasteiger partial charge in [-0.3, -0.25) is 0 Å². The molecular formula is C9H21AlO. The van der Waals surface area contributed by atoms with Gasteiger partial charge < -0.3 is 3.79 Å². The van der Waals surface area contributed by atoms with Crippen LogP contribution in [0.25, 0.3) is 0 Å². The summed E-state index contributed by atoms with van der Waals surface area (Å²) in [4.78, 5) is 0. The zero-order valence-electron chi connectivity index (χ0n) is 8.23. The van der Waals surface area contributed by atoms with E-state index in [-0.39, 0.29) is 0 Å². The van der Waals surface area contributed by atoms with E-state index in [4.69, 9.17) is 3.79 Å². The van der Waals surface area contributed by atoms with Crippen LogP contribution >= 0.6 is 0 Å². The molecule has 2 heteroatoms. The van der Waals surface area contributed by atoms with E-state index >= 15 is 0 Å². The highest BCUT2D eigenvalue weighted by Crippen LogP contribution is 2.02. The molecule has 1 nitrogen and oxygen atoms in total. The van der Waals surface area contributed by atoms with E-state index in [1.165, 1.54) is 29.8 Å². The SMILES string of the molecule is CCCCC[O][Al]([CH2]C)[CH2]C. The van der Waals surface area contributed by atoms with Crippen molar-refractivity contribution in [3.63, 3.8) is 0 Å². The molecule has 0 fully saturated rings. The quantitative estimate of drug-likeness (QED) is 0.423. The van der Waals surface area contributed by atoms with Crippen molar-refractivity contribution < 1.29 is 3.79 Å². The van der Waals surface area contributed by atoms with E-state index in [1.54, 1.807) is 0 Å². The fraction of sp³-hybridized carbons (Fsp3) is 1.00. The maximum Gasteiger partial charge on any atom is 0.460 e. The largest absolute Gasteiger partial charge is 0.501 e. The van der Waals surface area contributed by atoms with E-state index in [0.29, 0.717) is 0 Å². The Morgan fingerprint density at radius 2 is 1.64 bits per heavy atom. The van der Waals surface area contributed by atoms with Crippen molar-refractivity contribution in [2.75, 3.05) is 6.61 Å². The molecule has 0 atom stereocenters. The molecule has 0 spiro atoms. The average Bonchev–Trinajstić information content (AvgIpc) is 2.05. The van der Waals surface area contributed by atoms with E-state index in [1.807, 2.05) is 0 Å². The second kappa shape index (κ2) is 8.59. The minimum absolute atomic E-state index is 0.735. The summed E-state index contributed by atoms with van der Waals surface area (Å²) in [5.41, 5.74) is 0. The number of hydrogen-bond donors (Lipinski definition) is 0. The van der Waals surface area contributed by atoms with Crippen LogP contribution in [0.4, 0.5) is 0 Å². The Morgan fingerprint density at radius 1 is 1.00 bits per heavy atom. The van der Waals surface area contributed by atoms with Crippen LogP contribution in [0.3, 0.4) is 0 Å². The molecule has 0 saturated heterocycles. The molecule has 0 heterocycles. The molecule has 0 unspecified atom stereocenters. The van der Waals surface area contributed by atoms with Crippen LogP contribution in [-0.2, 0) is 3.79 Å². The molecule has 0 rings (SSSR count). The van der Waals surface area contributed by atoms with Gasteiger partial charge in [-0.2, -0.15) is 0 Å². The summed E-state index contributed by atoms with van der Waals surface area (Å²) >= 11 is -0.735. The van der Waals surface area contributed by atoms with Gasteiger partial charge in [-0.25, -0.2) is 0 Å². The van der Waals surface area contributed by atoms with Gasteiger partial charge >= 0.3 is 14.5 Å². The predicted octanol–water partition coefficient (Wildman–Crippen LogP) is 3.22. The standard InChI is InChI=1S/C5H11O.2C2H5.Al/c1-2-3-4-5-6;2*1-2;/h2-5H2,1H3;2*1H2,2H3;/q-1;;;+1. The highest BCUT2D eigenvalue weighted by Gasteiger charge is 2.13. The van der Waals surface area contributed by atoms with Crippen molar-refractivity contribution in [3.8, 4) is 0 Å².